The van der Waals surface area contributed by atoms with Crippen LogP contribution < -0.4 is 0 Å². The Bertz CT molecular complexity index is 459. The molecule has 0 N–H and O–H groups in total. The van der Waals surface area contributed by atoms with Crippen molar-refractivity contribution in [2.45, 2.75) is 18.8 Å². The molecule has 0 bridgehead atoms. The summed E-state index contributed by atoms with van der Waals surface area (Å²) >= 11 is 5.96. The second-order valence-corrected chi connectivity index (χ2v) is 3.77. The highest BCUT2D eigenvalue weighted by molar-refractivity contribution is 6.29. The minimum atomic E-state index is 0.622. The highest BCUT2D eigenvalue weighted by Gasteiger charge is 2.26. The second kappa shape index (κ2) is 2.45. The summed E-state index contributed by atoms with van der Waals surface area (Å²) in [4.78, 5) is 4.19. The van der Waals surface area contributed by atoms with Gasteiger partial charge in [0.15, 0.2) is 5.65 Å². The summed E-state index contributed by atoms with van der Waals surface area (Å²) in [5.74, 6) is 0.651. The second-order valence-electron chi connectivity index (χ2n) is 3.38. The maximum atomic E-state index is 5.96. The van der Waals surface area contributed by atoms with Gasteiger partial charge in [0.25, 0.3) is 0 Å². The Hall–Kier alpha value is -1.09. The van der Waals surface area contributed by atoms with Gasteiger partial charge in [-0.05, 0) is 18.9 Å². The summed E-state index contributed by atoms with van der Waals surface area (Å²) in [7, 11) is 0. The van der Waals surface area contributed by atoms with E-state index in [4.69, 9.17) is 11.6 Å². The number of aromatic nitrogens is 3. The molecular weight excluding hydrogens is 186 g/mol. The van der Waals surface area contributed by atoms with Crippen molar-refractivity contribution in [3.05, 3.63) is 29.2 Å². The molecule has 13 heavy (non-hydrogen) atoms. The molecule has 3 rings (SSSR count). The van der Waals surface area contributed by atoms with Crippen LogP contribution in [0.4, 0.5) is 0 Å². The fourth-order valence-electron chi connectivity index (χ4n) is 1.46. The lowest BCUT2D eigenvalue weighted by molar-refractivity contribution is 0.882. The third-order valence-electron chi connectivity index (χ3n) is 2.33. The Balaban J connectivity index is 2.26. The Morgan fingerprint density at radius 2 is 2.31 bits per heavy atom. The first kappa shape index (κ1) is 7.33. The fourth-order valence-corrected chi connectivity index (χ4v) is 1.64. The van der Waals surface area contributed by atoms with Gasteiger partial charge in [0, 0.05) is 18.2 Å². The van der Waals surface area contributed by atoms with Gasteiger partial charge in [-0.1, -0.05) is 11.6 Å². The molecule has 3 nitrogen and oxygen atoms in total. The lowest BCUT2D eigenvalue weighted by Crippen LogP contribution is -1.91. The van der Waals surface area contributed by atoms with Crippen LogP contribution in [0.1, 0.15) is 24.5 Å². The van der Waals surface area contributed by atoms with Crippen molar-refractivity contribution in [2.24, 2.45) is 0 Å². The summed E-state index contributed by atoms with van der Waals surface area (Å²) in [6.45, 7) is 0. The third kappa shape index (κ3) is 1.11. The van der Waals surface area contributed by atoms with Crippen molar-refractivity contribution >= 4 is 17.2 Å². The molecule has 2 aromatic rings. The Labute approximate surface area is 80.3 Å². The molecule has 0 atom stereocenters. The van der Waals surface area contributed by atoms with E-state index in [0.29, 0.717) is 11.1 Å². The summed E-state index contributed by atoms with van der Waals surface area (Å²) < 4.78 is 1.69. The van der Waals surface area contributed by atoms with Crippen LogP contribution in [-0.4, -0.2) is 14.6 Å². The summed E-state index contributed by atoms with van der Waals surface area (Å²) in [5, 5.41) is 5.02. The van der Waals surface area contributed by atoms with Crippen molar-refractivity contribution in [3.8, 4) is 0 Å². The van der Waals surface area contributed by atoms with Crippen LogP contribution >= 0.6 is 11.6 Å². The SMILES string of the molecule is Clc1ccnc2cc(C3CC3)nn12. The largest absolute Gasteiger partial charge is 0.237 e. The highest BCUT2D eigenvalue weighted by Crippen LogP contribution is 2.39. The average molecular weight is 194 g/mol. The average Bonchev–Trinajstić information content (AvgIpc) is 2.87. The lowest BCUT2D eigenvalue weighted by Gasteiger charge is -1.92. The van der Waals surface area contributed by atoms with Crippen molar-refractivity contribution in [3.63, 3.8) is 0 Å². The van der Waals surface area contributed by atoms with E-state index < -0.39 is 0 Å². The molecule has 0 unspecified atom stereocenters. The summed E-state index contributed by atoms with van der Waals surface area (Å²) in [6, 6.07) is 3.77. The van der Waals surface area contributed by atoms with Crippen molar-refractivity contribution in [2.75, 3.05) is 0 Å². The van der Waals surface area contributed by atoms with Crippen LogP contribution in [0, 0.1) is 0 Å². The van der Waals surface area contributed by atoms with Crippen molar-refractivity contribution < 1.29 is 0 Å². The van der Waals surface area contributed by atoms with Gasteiger partial charge in [0.1, 0.15) is 5.15 Å². The smallest absolute Gasteiger partial charge is 0.156 e. The molecule has 2 heterocycles. The molecule has 0 spiro atoms. The summed E-state index contributed by atoms with van der Waals surface area (Å²) in [6.07, 6.45) is 4.21. The monoisotopic (exact) mass is 193 g/mol. The van der Waals surface area contributed by atoms with E-state index in [1.807, 2.05) is 6.07 Å². The molecular formula is C9H8ClN3. The lowest BCUT2D eigenvalue weighted by atomic mass is 10.3. The van der Waals surface area contributed by atoms with Crippen LogP contribution in [0.15, 0.2) is 18.3 Å². The van der Waals surface area contributed by atoms with E-state index in [0.717, 1.165) is 11.3 Å². The van der Waals surface area contributed by atoms with E-state index in [-0.39, 0.29) is 0 Å². The molecule has 0 amide bonds. The molecule has 66 valence electrons. The molecule has 2 aromatic heterocycles. The molecule has 4 heteroatoms. The first-order valence-electron chi connectivity index (χ1n) is 4.35. The number of rotatable bonds is 1. The normalized spacial score (nSPS) is 16.7. The molecule has 0 aromatic carbocycles. The van der Waals surface area contributed by atoms with E-state index in [2.05, 4.69) is 10.1 Å². The highest BCUT2D eigenvalue weighted by atomic mass is 35.5. The molecule has 0 radical (unpaired) electrons. The minimum absolute atomic E-state index is 0.622. The molecule has 0 saturated heterocycles. The first-order chi connectivity index (χ1) is 6.34. The number of hydrogen-bond donors (Lipinski definition) is 0. The van der Waals surface area contributed by atoms with Crippen molar-refractivity contribution in [1.29, 1.82) is 0 Å². The Morgan fingerprint density at radius 3 is 3.00 bits per heavy atom. The zero-order valence-corrected chi connectivity index (χ0v) is 7.70. The predicted octanol–water partition coefficient (Wildman–Crippen LogP) is 2.26. The van der Waals surface area contributed by atoms with Gasteiger partial charge in [-0.15, -0.1) is 0 Å². The first-order valence-corrected chi connectivity index (χ1v) is 4.72. The van der Waals surface area contributed by atoms with Crippen LogP contribution in [0.25, 0.3) is 5.65 Å². The van der Waals surface area contributed by atoms with Crippen LogP contribution in [0.2, 0.25) is 5.15 Å². The summed E-state index contributed by atoms with van der Waals surface area (Å²) in [5.41, 5.74) is 1.97. The number of nitrogens with zero attached hydrogens (tertiary/aromatic N) is 3. The van der Waals surface area contributed by atoms with Crippen LogP contribution in [0.5, 0.6) is 0 Å². The van der Waals surface area contributed by atoms with Gasteiger partial charge < -0.3 is 0 Å². The van der Waals surface area contributed by atoms with Gasteiger partial charge in [0.05, 0.1) is 5.69 Å². The van der Waals surface area contributed by atoms with Crippen molar-refractivity contribution in [1.82, 2.24) is 14.6 Å². The van der Waals surface area contributed by atoms with Gasteiger partial charge in [-0.25, -0.2) is 9.50 Å². The maximum Gasteiger partial charge on any atom is 0.156 e. The topological polar surface area (TPSA) is 30.2 Å². The van der Waals surface area contributed by atoms with Crippen LogP contribution in [-0.2, 0) is 0 Å². The van der Waals surface area contributed by atoms with E-state index in [9.17, 15) is 0 Å². The molecule has 1 aliphatic rings. The Morgan fingerprint density at radius 1 is 1.46 bits per heavy atom. The van der Waals surface area contributed by atoms with Gasteiger partial charge >= 0.3 is 0 Å². The Kier molecular flexibility index (Phi) is 1.38. The number of halogens is 1. The van der Waals surface area contributed by atoms with Gasteiger partial charge in [-0.3, -0.25) is 0 Å². The molecule has 1 aliphatic carbocycles. The molecule has 0 aliphatic heterocycles. The fraction of sp³-hybridized carbons (Fsp3) is 0.333. The molecule has 1 fully saturated rings. The molecule has 1 saturated carbocycles. The zero-order valence-electron chi connectivity index (χ0n) is 6.94. The standard InChI is InChI=1S/C9H8ClN3/c10-8-3-4-11-9-5-7(6-1-2-6)12-13(8)9/h3-6H,1-2H2. The predicted molar refractivity (Wildman–Crippen MR) is 50.0 cm³/mol. The number of fused-ring (bicyclic) bond motifs is 1. The third-order valence-corrected chi connectivity index (χ3v) is 2.61. The van der Waals surface area contributed by atoms with Crippen LogP contribution in [0.3, 0.4) is 0 Å². The maximum absolute atomic E-state index is 5.96. The van der Waals surface area contributed by atoms with E-state index in [1.54, 1.807) is 16.8 Å². The van der Waals surface area contributed by atoms with E-state index in [1.165, 1.54) is 12.8 Å². The van der Waals surface area contributed by atoms with Gasteiger partial charge in [0.2, 0.25) is 0 Å². The number of hydrogen-bond acceptors (Lipinski definition) is 2. The van der Waals surface area contributed by atoms with E-state index >= 15 is 0 Å². The zero-order chi connectivity index (χ0) is 8.84. The minimum Gasteiger partial charge on any atom is -0.237 e. The quantitative estimate of drug-likeness (QED) is 0.651. The van der Waals surface area contributed by atoms with Gasteiger partial charge in [-0.2, -0.15) is 5.10 Å².